The Balaban J connectivity index is 1.89. The van der Waals surface area contributed by atoms with Crippen LogP contribution in [0.4, 0.5) is 0 Å². The van der Waals surface area contributed by atoms with Crippen LogP contribution in [0.5, 0.6) is 0 Å². The number of carbonyl (C=O) groups is 1. The number of carboxylic acids is 1. The van der Waals surface area contributed by atoms with Crippen LogP contribution in [0.15, 0.2) is 24.3 Å². The molecule has 2 bridgehead atoms. The average Bonchev–Trinajstić information content (AvgIpc) is 2.47. The molecule has 2 heterocycles. The number of allylic oxidation sites excluding steroid dienone is 1. The molecular formula is C16H24O4. The molecule has 0 amide bonds. The summed E-state index contributed by atoms with van der Waals surface area (Å²) >= 11 is 0. The summed E-state index contributed by atoms with van der Waals surface area (Å²) < 4.78 is 11.4. The topological polar surface area (TPSA) is 55.8 Å². The zero-order chi connectivity index (χ0) is 14.6. The Kier molecular flexibility index (Phi) is 4.66. The third-order valence-corrected chi connectivity index (χ3v) is 4.83. The Labute approximate surface area is 120 Å². The first-order valence-corrected chi connectivity index (χ1v) is 7.29. The standard InChI is InChI=1S/C16H24O4/c1-3-13(4-2)16-7-5-15(6-8-16,12-20-16)9-10-19-11-14(17)18/h3-4H,1,5-12H2,2H3,(H,17,18)/b13-4+. The molecule has 1 saturated carbocycles. The van der Waals surface area contributed by atoms with Gasteiger partial charge in [0.05, 0.1) is 12.2 Å². The van der Waals surface area contributed by atoms with Gasteiger partial charge in [-0.1, -0.05) is 18.7 Å². The van der Waals surface area contributed by atoms with Gasteiger partial charge in [0.2, 0.25) is 0 Å². The summed E-state index contributed by atoms with van der Waals surface area (Å²) in [6.07, 6.45) is 9.18. The van der Waals surface area contributed by atoms with Crippen LogP contribution >= 0.6 is 0 Å². The van der Waals surface area contributed by atoms with Crippen LogP contribution in [0.1, 0.15) is 39.0 Å². The lowest BCUT2D eigenvalue weighted by atomic mass is 9.63. The zero-order valence-corrected chi connectivity index (χ0v) is 12.2. The average molecular weight is 280 g/mol. The van der Waals surface area contributed by atoms with Crippen LogP contribution in [0.25, 0.3) is 0 Å². The predicted molar refractivity (Wildman–Crippen MR) is 76.6 cm³/mol. The summed E-state index contributed by atoms with van der Waals surface area (Å²) in [4.78, 5) is 10.4. The maximum Gasteiger partial charge on any atom is 0.329 e. The summed E-state index contributed by atoms with van der Waals surface area (Å²) in [5, 5.41) is 8.56. The fraction of sp³-hybridized carbons (Fsp3) is 0.688. The van der Waals surface area contributed by atoms with E-state index in [1.807, 2.05) is 13.0 Å². The Morgan fingerprint density at radius 2 is 2.10 bits per heavy atom. The van der Waals surface area contributed by atoms with E-state index < -0.39 is 5.97 Å². The highest BCUT2D eigenvalue weighted by atomic mass is 16.5. The maximum absolute atomic E-state index is 10.4. The summed E-state index contributed by atoms with van der Waals surface area (Å²) in [6, 6.07) is 0. The molecule has 2 aliphatic heterocycles. The molecule has 4 nitrogen and oxygen atoms in total. The van der Waals surface area contributed by atoms with Gasteiger partial charge in [0.15, 0.2) is 0 Å². The summed E-state index contributed by atoms with van der Waals surface area (Å²) in [6.45, 7) is 6.96. The number of ether oxygens (including phenoxy) is 2. The van der Waals surface area contributed by atoms with Crippen molar-refractivity contribution in [2.24, 2.45) is 5.41 Å². The van der Waals surface area contributed by atoms with E-state index in [4.69, 9.17) is 14.6 Å². The van der Waals surface area contributed by atoms with Crippen LogP contribution < -0.4 is 0 Å². The van der Waals surface area contributed by atoms with Gasteiger partial charge in [0.25, 0.3) is 0 Å². The molecule has 0 aromatic carbocycles. The largest absolute Gasteiger partial charge is 0.480 e. The minimum atomic E-state index is -0.909. The Morgan fingerprint density at radius 3 is 2.55 bits per heavy atom. The number of hydrogen-bond acceptors (Lipinski definition) is 3. The van der Waals surface area contributed by atoms with Gasteiger partial charge in [0.1, 0.15) is 6.61 Å². The van der Waals surface area contributed by atoms with Crippen molar-refractivity contribution in [3.63, 3.8) is 0 Å². The van der Waals surface area contributed by atoms with Gasteiger partial charge in [-0.05, 0) is 50.0 Å². The van der Waals surface area contributed by atoms with Crippen LogP contribution in [0, 0.1) is 5.41 Å². The van der Waals surface area contributed by atoms with Crippen LogP contribution in [-0.4, -0.2) is 36.5 Å². The second kappa shape index (κ2) is 6.10. The molecular weight excluding hydrogens is 256 g/mol. The lowest BCUT2D eigenvalue weighted by Gasteiger charge is -2.54. The molecule has 3 fully saturated rings. The number of aliphatic carboxylic acids is 1. The van der Waals surface area contributed by atoms with Crippen molar-refractivity contribution in [3.05, 3.63) is 24.3 Å². The van der Waals surface area contributed by atoms with Crippen molar-refractivity contribution in [3.8, 4) is 0 Å². The monoisotopic (exact) mass is 280 g/mol. The van der Waals surface area contributed by atoms with Gasteiger partial charge in [-0.25, -0.2) is 4.79 Å². The highest BCUT2D eigenvalue weighted by Crippen LogP contribution is 2.53. The second-order valence-corrected chi connectivity index (χ2v) is 5.93. The third-order valence-electron chi connectivity index (χ3n) is 4.83. The van der Waals surface area contributed by atoms with Crippen molar-refractivity contribution in [1.82, 2.24) is 0 Å². The van der Waals surface area contributed by atoms with Crippen LogP contribution in [0.2, 0.25) is 0 Å². The summed E-state index contributed by atoms with van der Waals surface area (Å²) in [7, 11) is 0. The SMILES string of the molecule is C=C/C(=C\C)C12CCC(CCOCC(=O)O)(CC1)CO2. The van der Waals surface area contributed by atoms with Crippen molar-refractivity contribution in [2.45, 2.75) is 44.6 Å². The molecule has 0 aromatic rings. The van der Waals surface area contributed by atoms with E-state index in [2.05, 4.69) is 12.7 Å². The molecule has 20 heavy (non-hydrogen) atoms. The molecule has 4 heteroatoms. The molecule has 2 saturated heterocycles. The Bertz CT molecular complexity index is 386. The summed E-state index contributed by atoms with van der Waals surface area (Å²) in [5.74, 6) is -0.909. The molecule has 3 rings (SSSR count). The van der Waals surface area contributed by atoms with E-state index in [1.54, 1.807) is 0 Å². The van der Waals surface area contributed by atoms with E-state index in [9.17, 15) is 4.79 Å². The molecule has 0 aromatic heterocycles. The molecule has 0 atom stereocenters. The summed E-state index contributed by atoms with van der Waals surface area (Å²) in [5.41, 5.74) is 1.26. The minimum Gasteiger partial charge on any atom is -0.480 e. The van der Waals surface area contributed by atoms with Crippen molar-refractivity contribution in [2.75, 3.05) is 19.8 Å². The second-order valence-electron chi connectivity index (χ2n) is 5.93. The van der Waals surface area contributed by atoms with Crippen molar-refractivity contribution >= 4 is 5.97 Å². The number of fused-ring (bicyclic) bond motifs is 3. The van der Waals surface area contributed by atoms with Crippen molar-refractivity contribution < 1.29 is 19.4 Å². The molecule has 1 aliphatic carbocycles. The predicted octanol–water partition coefficient (Wildman–Crippen LogP) is 2.94. The number of carboxylic acid groups (broad SMARTS) is 1. The van der Waals surface area contributed by atoms with Crippen LogP contribution in [-0.2, 0) is 14.3 Å². The molecule has 0 unspecified atom stereocenters. The van der Waals surface area contributed by atoms with Gasteiger partial charge < -0.3 is 14.6 Å². The quantitative estimate of drug-likeness (QED) is 0.575. The van der Waals surface area contributed by atoms with E-state index in [-0.39, 0.29) is 17.6 Å². The molecule has 112 valence electrons. The molecule has 0 radical (unpaired) electrons. The Hall–Kier alpha value is -1.13. The highest BCUT2D eigenvalue weighted by Gasteiger charge is 2.50. The highest BCUT2D eigenvalue weighted by molar-refractivity contribution is 5.67. The van der Waals surface area contributed by atoms with Gasteiger partial charge in [-0.2, -0.15) is 0 Å². The zero-order valence-electron chi connectivity index (χ0n) is 12.2. The first kappa shape index (κ1) is 15.3. The first-order valence-electron chi connectivity index (χ1n) is 7.29. The van der Waals surface area contributed by atoms with E-state index in [1.165, 1.54) is 5.57 Å². The van der Waals surface area contributed by atoms with Gasteiger partial charge >= 0.3 is 5.97 Å². The minimum absolute atomic E-state index is 0.125. The van der Waals surface area contributed by atoms with E-state index >= 15 is 0 Å². The number of rotatable bonds is 7. The maximum atomic E-state index is 10.4. The first-order chi connectivity index (χ1) is 9.56. The lowest BCUT2D eigenvalue weighted by molar-refractivity contribution is -0.169. The number of hydrogen-bond donors (Lipinski definition) is 1. The molecule has 3 aliphatic rings. The van der Waals surface area contributed by atoms with Gasteiger partial charge in [-0.3, -0.25) is 0 Å². The fourth-order valence-electron chi connectivity index (χ4n) is 3.47. The van der Waals surface area contributed by atoms with Gasteiger partial charge in [0, 0.05) is 6.61 Å². The molecule has 1 N–H and O–H groups in total. The smallest absolute Gasteiger partial charge is 0.329 e. The molecule has 0 spiro atoms. The van der Waals surface area contributed by atoms with E-state index in [0.29, 0.717) is 6.61 Å². The van der Waals surface area contributed by atoms with Gasteiger partial charge in [-0.15, -0.1) is 0 Å². The van der Waals surface area contributed by atoms with E-state index in [0.717, 1.165) is 38.7 Å². The van der Waals surface area contributed by atoms with Crippen LogP contribution in [0.3, 0.4) is 0 Å². The lowest BCUT2D eigenvalue weighted by Crippen LogP contribution is -2.52. The Morgan fingerprint density at radius 1 is 1.40 bits per heavy atom. The third kappa shape index (κ3) is 2.96. The fourth-order valence-corrected chi connectivity index (χ4v) is 3.47. The normalized spacial score (nSPS) is 33.1. The van der Waals surface area contributed by atoms with Crippen molar-refractivity contribution in [1.29, 1.82) is 0 Å².